The monoisotopic (exact) mass is 322 g/mol. The lowest BCUT2D eigenvalue weighted by Gasteiger charge is -2.67. The molecule has 3 nitrogen and oxygen atoms in total. The van der Waals surface area contributed by atoms with Gasteiger partial charge in [0, 0.05) is 30.5 Å². The Morgan fingerprint density at radius 2 is 1.96 bits per heavy atom. The number of fused-ring (bicyclic) bond motifs is 3. The lowest BCUT2D eigenvalue weighted by Crippen LogP contribution is -2.73. The molecule has 1 saturated heterocycles. The highest BCUT2D eigenvalue weighted by Crippen LogP contribution is 2.73. The molecule has 2 bridgehead atoms. The highest BCUT2D eigenvalue weighted by molar-refractivity contribution is 5.75. The molecule has 6 aliphatic rings. The summed E-state index contributed by atoms with van der Waals surface area (Å²) in [5.41, 5.74) is 3.98. The third-order valence-electron chi connectivity index (χ3n) is 8.48. The molecule has 1 aromatic rings. The van der Waals surface area contributed by atoms with E-state index >= 15 is 0 Å². The van der Waals surface area contributed by atoms with Gasteiger partial charge in [-0.15, -0.1) is 0 Å². The molecule has 3 heteroatoms. The smallest absolute Gasteiger partial charge is 0.142 e. The molecule has 0 amide bonds. The molecule has 0 aromatic heterocycles. The van der Waals surface area contributed by atoms with Crippen molar-refractivity contribution in [2.75, 3.05) is 32.1 Å². The third-order valence-corrected chi connectivity index (χ3v) is 8.48. The van der Waals surface area contributed by atoms with Crippen molar-refractivity contribution in [1.82, 2.24) is 4.90 Å². The molecule has 126 valence electrons. The van der Waals surface area contributed by atoms with Gasteiger partial charge in [0.15, 0.2) is 0 Å². The summed E-state index contributed by atoms with van der Waals surface area (Å²) in [6.07, 6.45) is 11.7. The van der Waals surface area contributed by atoms with Crippen LogP contribution in [0.25, 0.3) is 0 Å². The average Bonchev–Trinajstić information content (AvgIpc) is 3.14. The Bertz CT molecular complexity index is 761. The molecule has 0 radical (unpaired) electrons. The van der Waals surface area contributed by atoms with Crippen LogP contribution in [-0.4, -0.2) is 43.7 Å². The number of methoxy groups -OCH3 is 1. The van der Waals surface area contributed by atoms with Gasteiger partial charge in [0.05, 0.1) is 18.3 Å². The van der Waals surface area contributed by atoms with Gasteiger partial charge in [-0.25, -0.2) is 0 Å². The fourth-order valence-electron chi connectivity index (χ4n) is 7.74. The number of anilines is 1. The maximum absolute atomic E-state index is 5.80. The van der Waals surface area contributed by atoms with E-state index in [2.05, 4.69) is 47.2 Å². The van der Waals surface area contributed by atoms with E-state index < -0.39 is 0 Å². The third kappa shape index (κ3) is 1.15. The van der Waals surface area contributed by atoms with E-state index in [0.717, 1.165) is 12.3 Å². The molecule has 2 atom stereocenters. The van der Waals surface area contributed by atoms with Crippen molar-refractivity contribution in [3.8, 4) is 5.75 Å². The first-order valence-corrected chi connectivity index (χ1v) is 9.52. The fraction of sp³-hybridized carbons (Fsp3) is 0.619. The molecule has 0 N–H and O–H groups in total. The van der Waals surface area contributed by atoms with Gasteiger partial charge in [0.1, 0.15) is 5.75 Å². The summed E-state index contributed by atoms with van der Waals surface area (Å²) in [5, 5.41) is 0. The summed E-state index contributed by atoms with van der Waals surface area (Å²) in [5.74, 6) is 1.07. The second kappa shape index (κ2) is 4.01. The molecule has 1 aromatic carbocycles. The van der Waals surface area contributed by atoms with Crippen LogP contribution in [0, 0.1) is 5.41 Å². The second-order valence-electron chi connectivity index (χ2n) is 8.70. The standard InChI is InChI=1S/C21H26N2O/c1-22-17-15(5-3-6-16(17)24-2)21-12-14-23-13-4-7-19(18(21)23)8-10-20(21,22)11-9-19/h3-7,18H,8-14H2,1-2H3. The van der Waals surface area contributed by atoms with Crippen LogP contribution in [0.2, 0.25) is 0 Å². The van der Waals surface area contributed by atoms with E-state index in [-0.39, 0.29) is 0 Å². The Kier molecular flexibility index (Phi) is 2.30. The highest BCUT2D eigenvalue weighted by atomic mass is 16.5. The lowest BCUT2D eigenvalue weighted by atomic mass is 9.42. The molecule has 7 rings (SSSR count). The first-order valence-electron chi connectivity index (χ1n) is 9.52. The number of hydrogen-bond donors (Lipinski definition) is 0. The van der Waals surface area contributed by atoms with Gasteiger partial charge in [-0.2, -0.15) is 0 Å². The zero-order valence-electron chi connectivity index (χ0n) is 14.7. The normalized spacial score (nSPS) is 44.4. The maximum Gasteiger partial charge on any atom is 0.142 e. The van der Waals surface area contributed by atoms with Crippen molar-refractivity contribution >= 4 is 5.69 Å². The molecule has 3 saturated carbocycles. The van der Waals surface area contributed by atoms with Crippen LogP contribution >= 0.6 is 0 Å². The van der Waals surface area contributed by atoms with Crippen molar-refractivity contribution in [3.63, 3.8) is 0 Å². The van der Waals surface area contributed by atoms with Gasteiger partial charge >= 0.3 is 0 Å². The molecule has 3 spiro atoms. The van der Waals surface area contributed by atoms with Gasteiger partial charge < -0.3 is 9.64 Å². The Hall–Kier alpha value is -1.48. The minimum atomic E-state index is 0.298. The maximum atomic E-state index is 5.80. The summed E-state index contributed by atoms with van der Waals surface area (Å²) in [7, 11) is 4.17. The van der Waals surface area contributed by atoms with Crippen LogP contribution in [0.4, 0.5) is 5.69 Å². The van der Waals surface area contributed by atoms with Gasteiger partial charge in [0.25, 0.3) is 0 Å². The zero-order valence-corrected chi connectivity index (χ0v) is 14.7. The predicted molar refractivity (Wildman–Crippen MR) is 95.8 cm³/mol. The van der Waals surface area contributed by atoms with Crippen LogP contribution in [-0.2, 0) is 5.41 Å². The molecule has 3 heterocycles. The number of likely N-dealkylation sites (N-methyl/N-ethyl adjacent to an activating group) is 1. The van der Waals surface area contributed by atoms with Crippen molar-refractivity contribution in [1.29, 1.82) is 0 Å². The van der Waals surface area contributed by atoms with Crippen molar-refractivity contribution in [2.24, 2.45) is 5.41 Å². The van der Waals surface area contributed by atoms with Crippen molar-refractivity contribution < 1.29 is 4.74 Å². The van der Waals surface area contributed by atoms with Gasteiger partial charge in [0.2, 0.25) is 0 Å². The van der Waals surface area contributed by atoms with Crippen LogP contribution in [0.5, 0.6) is 5.75 Å². The molecular formula is C21H26N2O. The fourth-order valence-corrected chi connectivity index (χ4v) is 7.74. The van der Waals surface area contributed by atoms with Crippen molar-refractivity contribution in [3.05, 3.63) is 35.9 Å². The van der Waals surface area contributed by atoms with Crippen molar-refractivity contribution in [2.45, 2.75) is 49.1 Å². The zero-order chi connectivity index (χ0) is 16.2. The van der Waals surface area contributed by atoms with Crippen LogP contribution in [0.3, 0.4) is 0 Å². The molecule has 4 fully saturated rings. The van der Waals surface area contributed by atoms with Crippen LogP contribution < -0.4 is 9.64 Å². The largest absolute Gasteiger partial charge is 0.495 e. The Morgan fingerprint density at radius 3 is 2.75 bits per heavy atom. The van der Waals surface area contributed by atoms with Gasteiger partial charge in [-0.1, -0.05) is 24.3 Å². The number of benzene rings is 1. The molecule has 3 aliphatic carbocycles. The molecule has 3 aliphatic heterocycles. The van der Waals surface area contributed by atoms with Crippen LogP contribution in [0.1, 0.15) is 37.7 Å². The Labute approximate surface area is 144 Å². The van der Waals surface area contributed by atoms with Gasteiger partial charge in [-0.05, 0) is 50.3 Å². The molecular weight excluding hydrogens is 296 g/mol. The number of ether oxygens (including phenoxy) is 1. The Balaban J connectivity index is 1.69. The van der Waals surface area contributed by atoms with Crippen LogP contribution in [0.15, 0.2) is 30.4 Å². The minimum Gasteiger partial charge on any atom is -0.495 e. The number of rotatable bonds is 1. The van der Waals surface area contributed by atoms with E-state index in [4.69, 9.17) is 4.74 Å². The Morgan fingerprint density at radius 1 is 1.12 bits per heavy atom. The predicted octanol–water partition coefficient (Wildman–Crippen LogP) is 3.34. The second-order valence-corrected chi connectivity index (χ2v) is 8.70. The average molecular weight is 322 g/mol. The van der Waals surface area contributed by atoms with E-state index in [9.17, 15) is 0 Å². The summed E-state index contributed by atoms with van der Waals surface area (Å²) >= 11 is 0. The lowest BCUT2D eigenvalue weighted by molar-refractivity contribution is -0.0572. The number of nitrogens with zero attached hydrogens (tertiary/aromatic N) is 2. The first-order chi connectivity index (χ1) is 11.7. The SMILES string of the molecule is COc1cccc2c1N(C)C13CCC4(C=CCN5CCC21C54)CC3. The summed E-state index contributed by atoms with van der Waals surface area (Å²) in [6, 6.07) is 7.47. The number of hydrogen-bond acceptors (Lipinski definition) is 3. The number of para-hydroxylation sites is 1. The van der Waals surface area contributed by atoms with E-state index in [1.807, 2.05) is 7.11 Å². The quantitative estimate of drug-likeness (QED) is 0.738. The van der Waals surface area contributed by atoms with E-state index in [0.29, 0.717) is 22.4 Å². The molecule has 24 heavy (non-hydrogen) atoms. The highest BCUT2D eigenvalue weighted by Gasteiger charge is 2.76. The van der Waals surface area contributed by atoms with Gasteiger partial charge in [-0.3, -0.25) is 4.90 Å². The minimum absolute atomic E-state index is 0.298. The topological polar surface area (TPSA) is 15.7 Å². The summed E-state index contributed by atoms with van der Waals surface area (Å²) in [6.45, 7) is 2.40. The van der Waals surface area contributed by atoms with E-state index in [1.54, 1.807) is 5.56 Å². The molecule has 2 unspecified atom stereocenters. The summed E-state index contributed by atoms with van der Waals surface area (Å²) < 4.78 is 5.80. The van der Waals surface area contributed by atoms with E-state index in [1.165, 1.54) is 44.3 Å². The first kappa shape index (κ1) is 13.8. The summed E-state index contributed by atoms with van der Waals surface area (Å²) in [4.78, 5) is 5.45.